The van der Waals surface area contributed by atoms with Gasteiger partial charge in [0.15, 0.2) is 0 Å². The van der Waals surface area contributed by atoms with Crippen molar-refractivity contribution >= 4 is 0 Å². The van der Waals surface area contributed by atoms with Crippen LogP contribution in [0.2, 0.25) is 0 Å². The zero-order chi connectivity index (χ0) is 10.8. The highest BCUT2D eigenvalue weighted by atomic mass is 14.6. The first-order valence-electron chi connectivity index (χ1n) is 5.37. The summed E-state index contributed by atoms with van der Waals surface area (Å²) in [6, 6.07) is 10.6. The maximum absolute atomic E-state index is 5.97. The van der Waals surface area contributed by atoms with Crippen LogP contribution in [-0.4, -0.2) is 0 Å². The molecular weight excluding hydrogens is 182 g/mol. The molecule has 1 unspecified atom stereocenters. The molecule has 1 atom stereocenters. The van der Waals surface area contributed by atoms with Crippen LogP contribution in [0.4, 0.5) is 0 Å². The molecule has 1 nitrogen and oxygen atoms in total. The maximum Gasteiger partial charge on any atom is 0.0330 e. The number of hydrogen-bond acceptors (Lipinski definition) is 1. The molecule has 2 N–H and O–H groups in total. The third kappa shape index (κ3) is 1.96. The van der Waals surface area contributed by atoms with E-state index in [4.69, 9.17) is 5.73 Å². The minimum absolute atomic E-state index is 0.499. The lowest BCUT2D eigenvalue weighted by atomic mass is 9.85. The van der Waals surface area contributed by atoms with Gasteiger partial charge in [0.25, 0.3) is 0 Å². The van der Waals surface area contributed by atoms with Crippen molar-refractivity contribution in [1.82, 2.24) is 0 Å². The number of hydrogen-bond donors (Lipinski definition) is 1. The van der Waals surface area contributed by atoms with Crippen molar-refractivity contribution < 1.29 is 0 Å². The van der Waals surface area contributed by atoms with Gasteiger partial charge in [-0.25, -0.2) is 0 Å². The normalized spacial score (nSPS) is 21.5. The topological polar surface area (TPSA) is 26.0 Å². The Morgan fingerprint density at radius 2 is 1.80 bits per heavy atom. The quantitative estimate of drug-likeness (QED) is 0.737. The summed E-state index contributed by atoms with van der Waals surface area (Å²) >= 11 is 0. The van der Waals surface area contributed by atoms with Gasteiger partial charge in [-0.3, -0.25) is 0 Å². The summed E-state index contributed by atoms with van der Waals surface area (Å²) in [5, 5.41) is 0. The number of rotatable bonds is 1. The van der Waals surface area contributed by atoms with E-state index >= 15 is 0 Å². The molecule has 0 saturated carbocycles. The number of allylic oxidation sites excluding steroid dienone is 3. The van der Waals surface area contributed by atoms with Crippen LogP contribution in [0, 0.1) is 0 Å². The second-order valence-corrected chi connectivity index (χ2v) is 4.26. The third-order valence-corrected chi connectivity index (χ3v) is 3.09. The fourth-order valence-corrected chi connectivity index (χ4v) is 2.14. The molecule has 0 spiro atoms. The molecule has 0 amide bonds. The van der Waals surface area contributed by atoms with Crippen molar-refractivity contribution in [2.45, 2.75) is 26.2 Å². The lowest BCUT2D eigenvalue weighted by Crippen LogP contribution is -2.11. The summed E-state index contributed by atoms with van der Waals surface area (Å²) in [6.07, 6.45) is 3.32. The third-order valence-electron chi connectivity index (χ3n) is 3.09. The summed E-state index contributed by atoms with van der Waals surface area (Å²) in [6.45, 7) is 4.22. The van der Waals surface area contributed by atoms with Crippen LogP contribution in [0.3, 0.4) is 0 Å². The SMILES string of the molecule is CC1=CC(c2ccccc2)CC(C)=C1N. The first-order chi connectivity index (χ1) is 7.18. The Labute approximate surface area is 91.3 Å². The van der Waals surface area contributed by atoms with Gasteiger partial charge in [0.1, 0.15) is 0 Å². The lowest BCUT2D eigenvalue weighted by molar-refractivity contribution is 0.786. The Morgan fingerprint density at radius 3 is 2.40 bits per heavy atom. The zero-order valence-corrected chi connectivity index (χ0v) is 9.33. The lowest BCUT2D eigenvalue weighted by Gasteiger charge is -2.22. The molecule has 1 aromatic carbocycles. The summed E-state index contributed by atoms with van der Waals surface area (Å²) in [5.41, 5.74) is 10.9. The molecule has 1 heteroatoms. The van der Waals surface area contributed by atoms with Crippen molar-refractivity contribution in [3.8, 4) is 0 Å². The molecule has 0 heterocycles. The van der Waals surface area contributed by atoms with E-state index in [-0.39, 0.29) is 0 Å². The van der Waals surface area contributed by atoms with Gasteiger partial charge in [-0.15, -0.1) is 0 Å². The van der Waals surface area contributed by atoms with Crippen LogP contribution in [0.5, 0.6) is 0 Å². The Morgan fingerprint density at radius 1 is 1.13 bits per heavy atom. The minimum Gasteiger partial charge on any atom is -0.399 e. The second kappa shape index (κ2) is 3.93. The van der Waals surface area contributed by atoms with Gasteiger partial charge < -0.3 is 5.73 Å². The van der Waals surface area contributed by atoms with Crippen molar-refractivity contribution in [2.24, 2.45) is 5.73 Å². The Kier molecular flexibility index (Phi) is 2.63. The van der Waals surface area contributed by atoms with Gasteiger partial charge in [-0.1, -0.05) is 36.4 Å². The van der Waals surface area contributed by atoms with E-state index in [1.807, 2.05) is 0 Å². The molecule has 1 aliphatic carbocycles. The van der Waals surface area contributed by atoms with Crippen molar-refractivity contribution in [2.75, 3.05) is 0 Å². The molecule has 1 aromatic rings. The fourth-order valence-electron chi connectivity index (χ4n) is 2.14. The van der Waals surface area contributed by atoms with Crippen LogP contribution in [-0.2, 0) is 0 Å². The fraction of sp³-hybridized carbons (Fsp3) is 0.286. The summed E-state index contributed by atoms with van der Waals surface area (Å²) in [5.74, 6) is 0.499. The molecule has 0 fully saturated rings. The minimum atomic E-state index is 0.499. The van der Waals surface area contributed by atoms with E-state index in [0.29, 0.717) is 5.92 Å². The Hall–Kier alpha value is -1.50. The van der Waals surface area contributed by atoms with Gasteiger partial charge in [0, 0.05) is 11.6 Å². The number of nitrogens with two attached hydrogens (primary N) is 1. The highest BCUT2D eigenvalue weighted by Gasteiger charge is 2.16. The van der Waals surface area contributed by atoms with Gasteiger partial charge in [-0.2, -0.15) is 0 Å². The molecule has 15 heavy (non-hydrogen) atoms. The summed E-state index contributed by atoms with van der Waals surface area (Å²) in [7, 11) is 0. The van der Waals surface area contributed by atoms with Crippen LogP contribution in [0.25, 0.3) is 0 Å². The molecule has 0 aromatic heterocycles. The van der Waals surface area contributed by atoms with Crippen LogP contribution in [0.1, 0.15) is 31.7 Å². The van der Waals surface area contributed by atoms with Gasteiger partial charge in [-0.05, 0) is 37.0 Å². The van der Waals surface area contributed by atoms with E-state index in [2.05, 4.69) is 50.3 Å². The standard InChI is InChI=1S/C14H17N/c1-10-8-13(9-11(2)14(10)15)12-6-4-3-5-7-12/h3-8,13H,9,15H2,1-2H3. The zero-order valence-electron chi connectivity index (χ0n) is 9.33. The van der Waals surface area contributed by atoms with E-state index < -0.39 is 0 Å². The smallest absolute Gasteiger partial charge is 0.0330 e. The van der Waals surface area contributed by atoms with E-state index in [0.717, 1.165) is 12.1 Å². The molecule has 1 aliphatic rings. The average molecular weight is 199 g/mol. The van der Waals surface area contributed by atoms with Crippen molar-refractivity contribution in [3.05, 3.63) is 58.8 Å². The monoisotopic (exact) mass is 199 g/mol. The maximum atomic E-state index is 5.97. The van der Waals surface area contributed by atoms with Crippen LogP contribution >= 0.6 is 0 Å². The molecule has 0 radical (unpaired) electrons. The Bertz CT molecular complexity index is 412. The highest BCUT2D eigenvalue weighted by molar-refractivity contribution is 5.40. The Balaban J connectivity index is 2.30. The van der Waals surface area contributed by atoms with Crippen molar-refractivity contribution in [3.63, 3.8) is 0 Å². The molecule has 78 valence electrons. The average Bonchev–Trinajstić information content (AvgIpc) is 2.26. The molecular formula is C14H17N. The molecule has 0 bridgehead atoms. The largest absolute Gasteiger partial charge is 0.399 e. The first kappa shape index (κ1) is 10.0. The van der Waals surface area contributed by atoms with Crippen LogP contribution in [0.15, 0.2) is 53.3 Å². The van der Waals surface area contributed by atoms with Gasteiger partial charge >= 0.3 is 0 Å². The van der Waals surface area contributed by atoms with Crippen molar-refractivity contribution in [1.29, 1.82) is 0 Å². The van der Waals surface area contributed by atoms with Gasteiger partial charge in [0.05, 0.1) is 0 Å². The highest BCUT2D eigenvalue weighted by Crippen LogP contribution is 2.32. The number of benzene rings is 1. The molecule has 2 rings (SSSR count). The van der Waals surface area contributed by atoms with Crippen LogP contribution < -0.4 is 5.73 Å². The predicted molar refractivity (Wildman–Crippen MR) is 64.4 cm³/mol. The molecule has 0 saturated heterocycles. The van der Waals surface area contributed by atoms with E-state index in [1.165, 1.54) is 16.7 Å². The predicted octanol–water partition coefficient (Wildman–Crippen LogP) is 3.35. The second-order valence-electron chi connectivity index (χ2n) is 4.26. The van der Waals surface area contributed by atoms with Gasteiger partial charge in [0.2, 0.25) is 0 Å². The first-order valence-corrected chi connectivity index (χ1v) is 5.37. The summed E-state index contributed by atoms with van der Waals surface area (Å²) in [4.78, 5) is 0. The van der Waals surface area contributed by atoms with E-state index in [9.17, 15) is 0 Å². The summed E-state index contributed by atoms with van der Waals surface area (Å²) < 4.78 is 0. The molecule has 0 aliphatic heterocycles. The van der Waals surface area contributed by atoms with E-state index in [1.54, 1.807) is 0 Å².